The Balaban J connectivity index is 2.04. The maximum atomic E-state index is 12.5. The lowest BCUT2D eigenvalue weighted by Gasteiger charge is -2.35. The Bertz CT molecular complexity index is 691. The van der Waals surface area contributed by atoms with Crippen LogP contribution in [0.1, 0.15) is 23.2 Å². The van der Waals surface area contributed by atoms with Gasteiger partial charge in [-0.1, -0.05) is 0 Å². The fraction of sp³-hybridized carbons (Fsp3) is 0.467. The fourth-order valence-corrected chi connectivity index (χ4v) is 3.29. The smallest absolute Gasteiger partial charge is 0.407 e. The molecule has 0 aliphatic carbocycles. The van der Waals surface area contributed by atoms with Crippen LogP contribution in [0.15, 0.2) is 29.2 Å². The minimum atomic E-state index is -3.29. The molecule has 1 fully saturated rings. The summed E-state index contributed by atoms with van der Waals surface area (Å²) in [6, 6.07) is 5.82. The van der Waals surface area contributed by atoms with Crippen LogP contribution < -0.4 is 0 Å². The molecule has 0 saturated carbocycles. The van der Waals surface area contributed by atoms with Crippen LogP contribution in [0.4, 0.5) is 4.79 Å². The number of carbonyl (C=O) groups is 2. The van der Waals surface area contributed by atoms with Gasteiger partial charge in [0.2, 0.25) is 0 Å². The molecule has 1 aliphatic rings. The molecular formula is C15H20N2O5S. The van der Waals surface area contributed by atoms with Gasteiger partial charge in [0.05, 0.1) is 4.90 Å². The summed E-state index contributed by atoms with van der Waals surface area (Å²) in [5.74, 6) is -0.196. The van der Waals surface area contributed by atoms with Gasteiger partial charge in [-0.05, 0) is 37.1 Å². The number of sulfone groups is 1. The average Bonchev–Trinajstić information content (AvgIpc) is 2.53. The highest BCUT2D eigenvalue weighted by Gasteiger charge is 2.27. The zero-order valence-corrected chi connectivity index (χ0v) is 13.9. The number of nitrogens with zero attached hydrogens (tertiary/aromatic N) is 2. The average molecular weight is 340 g/mol. The van der Waals surface area contributed by atoms with Crippen molar-refractivity contribution in [1.29, 1.82) is 0 Å². The van der Waals surface area contributed by atoms with E-state index in [0.29, 0.717) is 31.5 Å². The van der Waals surface area contributed by atoms with Crippen molar-refractivity contribution < 1.29 is 23.1 Å². The molecule has 7 nitrogen and oxygen atoms in total. The zero-order valence-electron chi connectivity index (χ0n) is 13.1. The molecule has 2 rings (SSSR count). The van der Waals surface area contributed by atoms with Crippen LogP contribution in [-0.4, -0.2) is 67.8 Å². The van der Waals surface area contributed by atoms with Crippen molar-refractivity contribution in [3.63, 3.8) is 0 Å². The molecule has 0 atom stereocenters. The first-order valence-corrected chi connectivity index (χ1v) is 9.14. The van der Waals surface area contributed by atoms with Gasteiger partial charge < -0.3 is 14.9 Å². The summed E-state index contributed by atoms with van der Waals surface area (Å²) in [5, 5.41) is 8.94. The summed E-state index contributed by atoms with van der Waals surface area (Å²) < 4.78 is 22.9. The lowest BCUT2D eigenvalue weighted by Crippen LogP contribution is -2.46. The Labute approximate surface area is 135 Å². The zero-order chi connectivity index (χ0) is 17.2. The molecule has 1 N–H and O–H groups in total. The van der Waals surface area contributed by atoms with E-state index >= 15 is 0 Å². The highest BCUT2D eigenvalue weighted by atomic mass is 32.2. The number of rotatable bonds is 3. The summed E-state index contributed by atoms with van der Waals surface area (Å²) in [6.45, 7) is 0.815. The van der Waals surface area contributed by atoms with Gasteiger partial charge in [0.1, 0.15) is 0 Å². The first kappa shape index (κ1) is 17.3. The van der Waals surface area contributed by atoms with Crippen LogP contribution in [0.3, 0.4) is 0 Å². The van der Waals surface area contributed by atoms with Gasteiger partial charge in [0.15, 0.2) is 9.84 Å². The van der Waals surface area contributed by atoms with Crippen molar-refractivity contribution >= 4 is 21.8 Å². The van der Waals surface area contributed by atoms with Crippen molar-refractivity contribution in [3.05, 3.63) is 29.8 Å². The van der Waals surface area contributed by atoms with E-state index in [1.165, 1.54) is 29.2 Å². The van der Waals surface area contributed by atoms with Crippen molar-refractivity contribution in [3.8, 4) is 0 Å². The highest BCUT2D eigenvalue weighted by Crippen LogP contribution is 2.18. The van der Waals surface area contributed by atoms with Gasteiger partial charge in [-0.25, -0.2) is 13.2 Å². The molecule has 0 radical (unpaired) electrons. The van der Waals surface area contributed by atoms with Gasteiger partial charge in [0, 0.05) is 38.0 Å². The molecule has 0 bridgehead atoms. The van der Waals surface area contributed by atoms with Crippen LogP contribution in [0, 0.1) is 0 Å². The van der Waals surface area contributed by atoms with E-state index in [-0.39, 0.29) is 16.8 Å². The fourth-order valence-electron chi connectivity index (χ4n) is 2.66. The van der Waals surface area contributed by atoms with Crippen molar-refractivity contribution in [2.24, 2.45) is 0 Å². The molecule has 1 aromatic carbocycles. The van der Waals surface area contributed by atoms with Gasteiger partial charge in [-0.3, -0.25) is 4.79 Å². The van der Waals surface area contributed by atoms with E-state index in [0.717, 1.165) is 6.26 Å². The second kappa shape index (κ2) is 6.57. The van der Waals surface area contributed by atoms with E-state index in [4.69, 9.17) is 5.11 Å². The van der Waals surface area contributed by atoms with Crippen molar-refractivity contribution in [1.82, 2.24) is 9.80 Å². The van der Waals surface area contributed by atoms with Crippen molar-refractivity contribution in [2.45, 2.75) is 23.8 Å². The molecule has 1 heterocycles. The lowest BCUT2D eigenvalue weighted by atomic mass is 10.0. The molecule has 23 heavy (non-hydrogen) atoms. The number of hydrogen-bond donors (Lipinski definition) is 1. The first-order chi connectivity index (χ1) is 10.7. The van der Waals surface area contributed by atoms with Crippen LogP contribution in [0.2, 0.25) is 0 Å². The number of amides is 2. The molecule has 1 aromatic rings. The van der Waals surface area contributed by atoms with Crippen LogP contribution in [0.5, 0.6) is 0 Å². The lowest BCUT2D eigenvalue weighted by molar-refractivity contribution is 0.0641. The van der Waals surface area contributed by atoms with Gasteiger partial charge >= 0.3 is 6.09 Å². The van der Waals surface area contributed by atoms with E-state index in [1.807, 2.05) is 0 Å². The molecule has 1 saturated heterocycles. The predicted octanol–water partition coefficient (Wildman–Crippen LogP) is 1.30. The molecule has 126 valence electrons. The molecule has 0 unspecified atom stereocenters. The van der Waals surface area contributed by atoms with Crippen molar-refractivity contribution in [2.75, 3.05) is 26.4 Å². The summed E-state index contributed by atoms with van der Waals surface area (Å²) in [7, 11) is -1.60. The molecule has 1 aliphatic heterocycles. The first-order valence-electron chi connectivity index (χ1n) is 7.25. The van der Waals surface area contributed by atoms with Crippen LogP contribution in [0.25, 0.3) is 0 Å². The second-order valence-electron chi connectivity index (χ2n) is 5.71. The number of likely N-dealkylation sites (tertiary alicyclic amines) is 1. The van der Waals surface area contributed by atoms with Gasteiger partial charge in [-0.2, -0.15) is 0 Å². The summed E-state index contributed by atoms with van der Waals surface area (Å²) >= 11 is 0. The molecular weight excluding hydrogens is 320 g/mol. The van der Waals surface area contributed by atoms with Crippen LogP contribution in [-0.2, 0) is 9.84 Å². The number of carboxylic acid groups (broad SMARTS) is 1. The maximum Gasteiger partial charge on any atom is 0.407 e. The Hall–Kier alpha value is -2.09. The minimum absolute atomic E-state index is 0.0207. The second-order valence-corrected chi connectivity index (χ2v) is 7.73. The standard InChI is InChI=1S/C15H20N2O5S/c1-16(12-7-9-17(10-8-12)15(19)20)14(18)11-3-5-13(6-4-11)23(2,21)22/h3-6,12H,7-10H2,1-2H3,(H,19,20). The Morgan fingerprint density at radius 3 is 2.13 bits per heavy atom. The number of hydrogen-bond acceptors (Lipinski definition) is 4. The molecule has 2 amide bonds. The normalized spacial score (nSPS) is 16.2. The highest BCUT2D eigenvalue weighted by molar-refractivity contribution is 7.90. The summed E-state index contributed by atoms with van der Waals surface area (Å²) in [4.78, 5) is 26.5. The van der Waals surface area contributed by atoms with E-state index < -0.39 is 15.9 Å². The Morgan fingerprint density at radius 2 is 1.70 bits per heavy atom. The molecule has 0 aromatic heterocycles. The maximum absolute atomic E-state index is 12.5. The largest absolute Gasteiger partial charge is 0.465 e. The Morgan fingerprint density at radius 1 is 1.17 bits per heavy atom. The third kappa shape index (κ3) is 4.01. The summed E-state index contributed by atoms with van der Waals surface area (Å²) in [6.07, 6.45) is 1.37. The number of carbonyl (C=O) groups excluding carboxylic acids is 1. The molecule has 0 spiro atoms. The number of benzene rings is 1. The quantitative estimate of drug-likeness (QED) is 0.895. The monoisotopic (exact) mass is 340 g/mol. The van der Waals surface area contributed by atoms with Crippen LogP contribution >= 0.6 is 0 Å². The summed E-state index contributed by atoms with van der Waals surface area (Å²) in [5.41, 5.74) is 0.417. The topological polar surface area (TPSA) is 95.0 Å². The Kier molecular flexibility index (Phi) is 4.93. The van der Waals surface area contributed by atoms with Gasteiger partial charge in [0.25, 0.3) is 5.91 Å². The number of piperidine rings is 1. The SMILES string of the molecule is CN(C(=O)c1ccc(S(C)(=O)=O)cc1)C1CCN(C(=O)O)CC1. The van der Waals surface area contributed by atoms with E-state index in [1.54, 1.807) is 11.9 Å². The van der Waals surface area contributed by atoms with E-state index in [9.17, 15) is 18.0 Å². The molecule has 8 heteroatoms. The minimum Gasteiger partial charge on any atom is -0.465 e. The predicted molar refractivity (Wildman–Crippen MR) is 84.3 cm³/mol. The third-order valence-electron chi connectivity index (χ3n) is 4.13. The van der Waals surface area contributed by atoms with Gasteiger partial charge in [-0.15, -0.1) is 0 Å². The third-order valence-corrected chi connectivity index (χ3v) is 5.26. The van der Waals surface area contributed by atoms with E-state index in [2.05, 4.69) is 0 Å².